The molecule has 96 valence electrons. The topological polar surface area (TPSA) is 35.2 Å². The largest absolute Gasteiger partial charge is 0.492 e. The van der Waals surface area contributed by atoms with Gasteiger partial charge in [-0.05, 0) is 36.5 Å². The SMILES string of the molecule is C[C@@H](N)c1ccc(OCCC(C)(C)C)c(Cl)c1. The first-order chi connectivity index (χ1) is 7.79. The Balaban J connectivity index is 2.61. The van der Waals surface area contributed by atoms with E-state index in [-0.39, 0.29) is 11.5 Å². The Kier molecular flexibility index (Phi) is 4.84. The van der Waals surface area contributed by atoms with Crippen LogP contribution in [0.2, 0.25) is 5.02 Å². The van der Waals surface area contributed by atoms with Gasteiger partial charge in [-0.1, -0.05) is 38.4 Å². The van der Waals surface area contributed by atoms with Crippen molar-refractivity contribution in [3.05, 3.63) is 28.8 Å². The van der Waals surface area contributed by atoms with E-state index in [0.717, 1.165) is 17.7 Å². The van der Waals surface area contributed by atoms with E-state index < -0.39 is 0 Å². The molecular weight excluding hydrogens is 234 g/mol. The van der Waals surface area contributed by atoms with Crippen molar-refractivity contribution >= 4 is 11.6 Å². The number of hydrogen-bond donors (Lipinski definition) is 1. The van der Waals surface area contributed by atoms with Gasteiger partial charge in [0, 0.05) is 6.04 Å². The predicted octanol–water partition coefficient (Wildman–Crippen LogP) is 4.17. The molecule has 0 aromatic heterocycles. The standard InChI is InChI=1S/C14H22ClNO/c1-10(16)11-5-6-13(12(15)9-11)17-8-7-14(2,3)4/h5-6,9-10H,7-8,16H2,1-4H3/t10-/m1/s1. The summed E-state index contributed by atoms with van der Waals surface area (Å²) < 4.78 is 5.67. The van der Waals surface area contributed by atoms with Gasteiger partial charge in [-0.25, -0.2) is 0 Å². The molecule has 0 saturated heterocycles. The number of halogens is 1. The third kappa shape index (κ3) is 4.97. The second-order valence-electron chi connectivity index (χ2n) is 5.64. The maximum Gasteiger partial charge on any atom is 0.137 e. The molecule has 0 heterocycles. The summed E-state index contributed by atoms with van der Waals surface area (Å²) in [4.78, 5) is 0. The minimum atomic E-state index is -0.00359. The van der Waals surface area contributed by atoms with Crippen molar-refractivity contribution in [2.24, 2.45) is 11.1 Å². The van der Waals surface area contributed by atoms with Crippen LogP contribution in [0.3, 0.4) is 0 Å². The molecule has 1 rings (SSSR count). The highest BCUT2D eigenvalue weighted by Crippen LogP contribution is 2.28. The molecule has 3 heteroatoms. The summed E-state index contributed by atoms with van der Waals surface area (Å²) in [7, 11) is 0. The van der Waals surface area contributed by atoms with E-state index in [1.165, 1.54) is 0 Å². The Hall–Kier alpha value is -0.730. The zero-order valence-corrected chi connectivity index (χ0v) is 11.8. The molecule has 0 aliphatic rings. The quantitative estimate of drug-likeness (QED) is 0.876. The molecule has 1 aromatic carbocycles. The smallest absolute Gasteiger partial charge is 0.137 e. The Morgan fingerprint density at radius 3 is 2.47 bits per heavy atom. The lowest BCUT2D eigenvalue weighted by Crippen LogP contribution is -2.11. The van der Waals surface area contributed by atoms with Crippen LogP contribution in [0.5, 0.6) is 5.75 Å². The van der Waals surface area contributed by atoms with E-state index in [9.17, 15) is 0 Å². The summed E-state index contributed by atoms with van der Waals surface area (Å²) in [5, 5.41) is 0.633. The monoisotopic (exact) mass is 255 g/mol. The van der Waals surface area contributed by atoms with Crippen LogP contribution in [0, 0.1) is 5.41 Å². The number of hydrogen-bond acceptors (Lipinski definition) is 2. The first-order valence-corrected chi connectivity index (χ1v) is 6.35. The predicted molar refractivity (Wildman–Crippen MR) is 73.6 cm³/mol. The summed E-state index contributed by atoms with van der Waals surface area (Å²) in [5.41, 5.74) is 7.09. The molecule has 2 N–H and O–H groups in total. The summed E-state index contributed by atoms with van der Waals surface area (Å²) in [5.74, 6) is 0.736. The van der Waals surface area contributed by atoms with Crippen LogP contribution in [0.4, 0.5) is 0 Å². The second kappa shape index (κ2) is 5.74. The Bertz CT molecular complexity index is 369. The van der Waals surface area contributed by atoms with Crippen LogP contribution in [0.15, 0.2) is 18.2 Å². The first kappa shape index (κ1) is 14.3. The number of rotatable bonds is 4. The molecule has 1 aromatic rings. The highest BCUT2D eigenvalue weighted by atomic mass is 35.5. The Morgan fingerprint density at radius 2 is 2.00 bits per heavy atom. The minimum absolute atomic E-state index is 0.00359. The minimum Gasteiger partial charge on any atom is -0.492 e. The van der Waals surface area contributed by atoms with Gasteiger partial charge in [0.05, 0.1) is 11.6 Å². The van der Waals surface area contributed by atoms with E-state index in [2.05, 4.69) is 20.8 Å². The zero-order chi connectivity index (χ0) is 13.1. The third-order valence-electron chi connectivity index (χ3n) is 2.59. The molecule has 0 unspecified atom stereocenters. The van der Waals surface area contributed by atoms with Gasteiger partial charge in [-0.3, -0.25) is 0 Å². The average Bonchev–Trinajstić information content (AvgIpc) is 2.18. The zero-order valence-electron chi connectivity index (χ0n) is 11.1. The summed E-state index contributed by atoms with van der Waals surface area (Å²) >= 11 is 6.14. The number of nitrogens with two attached hydrogens (primary N) is 1. The van der Waals surface area contributed by atoms with Crippen LogP contribution in [0.25, 0.3) is 0 Å². The molecule has 2 nitrogen and oxygen atoms in total. The van der Waals surface area contributed by atoms with Crippen LogP contribution in [-0.4, -0.2) is 6.61 Å². The van der Waals surface area contributed by atoms with Crippen molar-refractivity contribution in [3.63, 3.8) is 0 Å². The molecule has 17 heavy (non-hydrogen) atoms. The molecular formula is C14H22ClNO. The fourth-order valence-corrected chi connectivity index (χ4v) is 1.63. The summed E-state index contributed by atoms with van der Waals surface area (Å²) in [6, 6.07) is 5.72. The van der Waals surface area contributed by atoms with Crippen molar-refractivity contribution in [2.45, 2.75) is 40.2 Å². The molecule has 0 saturated carbocycles. The van der Waals surface area contributed by atoms with Crippen molar-refractivity contribution in [1.82, 2.24) is 0 Å². The van der Waals surface area contributed by atoms with E-state index in [0.29, 0.717) is 11.6 Å². The molecule has 0 fully saturated rings. The molecule has 0 aliphatic heterocycles. The van der Waals surface area contributed by atoms with E-state index >= 15 is 0 Å². The molecule has 0 bridgehead atoms. The third-order valence-corrected chi connectivity index (χ3v) is 2.89. The second-order valence-corrected chi connectivity index (χ2v) is 6.04. The van der Waals surface area contributed by atoms with Crippen molar-refractivity contribution < 1.29 is 4.74 Å². The Morgan fingerprint density at radius 1 is 1.35 bits per heavy atom. The fourth-order valence-electron chi connectivity index (χ4n) is 1.38. The van der Waals surface area contributed by atoms with Gasteiger partial charge < -0.3 is 10.5 Å². The van der Waals surface area contributed by atoms with Gasteiger partial charge in [-0.15, -0.1) is 0 Å². The fraction of sp³-hybridized carbons (Fsp3) is 0.571. The van der Waals surface area contributed by atoms with Crippen molar-refractivity contribution in [1.29, 1.82) is 0 Å². The van der Waals surface area contributed by atoms with Gasteiger partial charge >= 0.3 is 0 Å². The number of benzene rings is 1. The molecule has 0 spiro atoms. The normalized spacial score (nSPS) is 13.5. The lowest BCUT2D eigenvalue weighted by molar-refractivity contribution is 0.243. The van der Waals surface area contributed by atoms with Gasteiger partial charge in [0.15, 0.2) is 0 Å². The summed E-state index contributed by atoms with van der Waals surface area (Å²) in [6.07, 6.45) is 0.998. The highest BCUT2D eigenvalue weighted by Gasteiger charge is 2.11. The van der Waals surface area contributed by atoms with Gasteiger partial charge in [0.2, 0.25) is 0 Å². The maximum atomic E-state index is 6.14. The molecule has 0 amide bonds. The van der Waals surface area contributed by atoms with Crippen molar-refractivity contribution in [2.75, 3.05) is 6.61 Å². The molecule has 1 atom stereocenters. The lowest BCUT2D eigenvalue weighted by Gasteiger charge is -2.18. The van der Waals surface area contributed by atoms with E-state index in [1.807, 2.05) is 25.1 Å². The lowest BCUT2D eigenvalue weighted by atomic mass is 9.93. The van der Waals surface area contributed by atoms with Crippen LogP contribution in [-0.2, 0) is 0 Å². The van der Waals surface area contributed by atoms with Gasteiger partial charge in [0.1, 0.15) is 5.75 Å². The number of ether oxygens (including phenoxy) is 1. The van der Waals surface area contributed by atoms with Gasteiger partial charge in [0.25, 0.3) is 0 Å². The highest BCUT2D eigenvalue weighted by molar-refractivity contribution is 6.32. The van der Waals surface area contributed by atoms with Gasteiger partial charge in [-0.2, -0.15) is 0 Å². The Labute approximate surface area is 109 Å². The van der Waals surface area contributed by atoms with Crippen LogP contribution < -0.4 is 10.5 Å². The van der Waals surface area contributed by atoms with Crippen LogP contribution in [0.1, 0.15) is 45.7 Å². The first-order valence-electron chi connectivity index (χ1n) is 5.97. The average molecular weight is 256 g/mol. The van der Waals surface area contributed by atoms with Crippen LogP contribution >= 0.6 is 11.6 Å². The van der Waals surface area contributed by atoms with Crippen molar-refractivity contribution in [3.8, 4) is 5.75 Å². The molecule has 0 aliphatic carbocycles. The van der Waals surface area contributed by atoms with E-state index in [1.54, 1.807) is 0 Å². The van der Waals surface area contributed by atoms with E-state index in [4.69, 9.17) is 22.1 Å². The maximum absolute atomic E-state index is 6.14. The summed E-state index contributed by atoms with van der Waals surface area (Å²) in [6.45, 7) is 9.19. The molecule has 0 radical (unpaired) electrons.